The van der Waals surface area contributed by atoms with E-state index in [0.29, 0.717) is 16.8 Å². The van der Waals surface area contributed by atoms with E-state index >= 15 is 0 Å². The van der Waals surface area contributed by atoms with Gasteiger partial charge >= 0.3 is 19.2 Å². The summed E-state index contributed by atoms with van der Waals surface area (Å²) in [6.45, 7) is 4.96. The minimum Gasteiger partial charge on any atom is -0.419 e. The largest absolute Gasteiger partial charge is 0.540 e. The molecular formula is C26H30FNO5P+. The third kappa shape index (κ3) is 5.05. The number of carbonyl (C=O) groups is 1. The Kier molecular flexibility index (Phi) is 8.20. The Bertz CT molecular complexity index is 1100. The van der Waals surface area contributed by atoms with Gasteiger partial charge < -0.3 is 9.84 Å². The van der Waals surface area contributed by atoms with Crippen LogP contribution in [0.5, 0.6) is 5.75 Å². The van der Waals surface area contributed by atoms with Crippen LogP contribution in [-0.2, 0) is 9.36 Å². The van der Waals surface area contributed by atoms with Gasteiger partial charge in [-0.25, -0.2) is 9.18 Å². The van der Waals surface area contributed by atoms with Crippen molar-refractivity contribution in [2.24, 2.45) is 0 Å². The van der Waals surface area contributed by atoms with Gasteiger partial charge in [0.25, 0.3) is 0 Å². The molecule has 1 aliphatic rings. The van der Waals surface area contributed by atoms with Crippen LogP contribution in [0, 0.1) is 18.2 Å². The van der Waals surface area contributed by atoms with E-state index in [2.05, 4.69) is 0 Å². The summed E-state index contributed by atoms with van der Waals surface area (Å²) >= 11 is 0. The Morgan fingerprint density at radius 2 is 1.85 bits per heavy atom. The van der Waals surface area contributed by atoms with Crippen LogP contribution in [0.4, 0.5) is 4.39 Å². The van der Waals surface area contributed by atoms with Gasteiger partial charge in [0, 0.05) is 17.2 Å². The molecular weight excluding hydrogens is 456 g/mol. The zero-order valence-electron chi connectivity index (χ0n) is 19.6. The van der Waals surface area contributed by atoms with Crippen molar-refractivity contribution in [3.8, 4) is 29.2 Å². The fraction of sp³-hybridized carbons (Fsp3) is 0.462. The average Bonchev–Trinajstić information content (AvgIpc) is 2.80. The molecule has 180 valence electrons. The van der Waals surface area contributed by atoms with Crippen molar-refractivity contribution in [3.63, 3.8) is 0 Å². The summed E-state index contributed by atoms with van der Waals surface area (Å²) in [5, 5.41) is 7.71. The maximum atomic E-state index is 13.7. The summed E-state index contributed by atoms with van der Waals surface area (Å²) in [6, 6.07) is 7.61. The van der Waals surface area contributed by atoms with E-state index in [1.165, 1.54) is 25.5 Å². The monoisotopic (exact) mass is 486 g/mol. The molecule has 6 nitrogen and oxygen atoms in total. The van der Waals surface area contributed by atoms with Crippen molar-refractivity contribution in [2.75, 3.05) is 0 Å². The number of esters is 1. The van der Waals surface area contributed by atoms with Gasteiger partial charge in [-0.15, -0.1) is 6.42 Å². The maximum Gasteiger partial charge on any atom is 0.540 e. The molecule has 8 heteroatoms. The first-order valence-corrected chi connectivity index (χ1v) is 12.7. The number of aliphatic hydroxyl groups is 1. The van der Waals surface area contributed by atoms with E-state index in [0.717, 1.165) is 31.4 Å². The summed E-state index contributed by atoms with van der Waals surface area (Å²) < 4.78 is 31.4. The quantitative estimate of drug-likeness (QED) is 0.307. The molecule has 3 rings (SSSR count). The van der Waals surface area contributed by atoms with E-state index in [4.69, 9.17) is 16.1 Å². The van der Waals surface area contributed by atoms with Crippen molar-refractivity contribution in [1.82, 2.24) is 4.98 Å². The highest BCUT2D eigenvalue weighted by Crippen LogP contribution is 2.44. The van der Waals surface area contributed by atoms with Crippen LogP contribution in [0.2, 0.25) is 0 Å². The molecule has 0 amide bonds. The topological polar surface area (TPSA) is 96.7 Å². The van der Waals surface area contributed by atoms with Crippen LogP contribution < -0.4 is 4.74 Å². The van der Waals surface area contributed by atoms with E-state index in [1.807, 2.05) is 25.8 Å². The predicted molar refractivity (Wildman–Crippen MR) is 128 cm³/mol. The van der Waals surface area contributed by atoms with Gasteiger partial charge in [-0.05, 0) is 59.9 Å². The number of aromatic nitrogens is 1. The van der Waals surface area contributed by atoms with E-state index < -0.39 is 31.1 Å². The molecule has 2 aromatic rings. The molecule has 0 radical (unpaired) electrons. The second kappa shape index (κ2) is 10.7. The lowest BCUT2D eigenvalue weighted by Gasteiger charge is -2.25. The lowest BCUT2D eigenvalue weighted by atomic mass is 9.85. The van der Waals surface area contributed by atoms with Gasteiger partial charge in [-0.2, -0.15) is 4.89 Å². The number of benzene rings is 1. The molecule has 1 heterocycles. The molecule has 1 fully saturated rings. The fourth-order valence-corrected chi connectivity index (χ4v) is 4.97. The Labute approximate surface area is 200 Å². The van der Waals surface area contributed by atoms with E-state index in [-0.39, 0.29) is 17.6 Å². The third-order valence-corrected chi connectivity index (χ3v) is 7.67. The average molecular weight is 487 g/mol. The van der Waals surface area contributed by atoms with Crippen molar-refractivity contribution >= 4 is 14.0 Å². The Hall–Kier alpha value is -2.65. The minimum atomic E-state index is -3.31. The molecule has 3 atom stereocenters. The van der Waals surface area contributed by atoms with Crippen LogP contribution in [0.25, 0.3) is 11.1 Å². The molecule has 0 saturated heterocycles. The molecule has 1 aliphatic carbocycles. The van der Waals surface area contributed by atoms with Gasteiger partial charge in [0.1, 0.15) is 11.9 Å². The standard InChI is InChI=1S/C26H29FNO5P/c1-5-26(17(4)29,34(31)32)25(30)33-24-21(18-11-13-20(27)14-12-18)15-22(28-23(24)16(2)3)19-9-7-6-8-10-19/h1,11-17,19,29H,6-10H2,2-4H3/p+1. The summed E-state index contributed by atoms with van der Waals surface area (Å²) in [5.41, 5.74) is 2.47. The van der Waals surface area contributed by atoms with Crippen LogP contribution in [0.15, 0.2) is 30.3 Å². The highest BCUT2D eigenvalue weighted by atomic mass is 31.1. The molecule has 3 unspecified atom stereocenters. The van der Waals surface area contributed by atoms with Gasteiger partial charge in [-0.1, -0.05) is 45.2 Å². The van der Waals surface area contributed by atoms with Crippen molar-refractivity contribution in [3.05, 3.63) is 47.5 Å². The first kappa shape index (κ1) is 26.0. The fourth-order valence-electron chi connectivity index (χ4n) is 4.34. The second-order valence-electron chi connectivity index (χ2n) is 9.05. The number of halogens is 1. The summed E-state index contributed by atoms with van der Waals surface area (Å²) in [7, 11) is -3.31. The normalized spacial score (nSPS) is 17.5. The number of terminal acetylenes is 1. The number of ether oxygens (including phenoxy) is 1. The Balaban J connectivity index is 2.21. The summed E-state index contributed by atoms with van der Waals surface area (Å²) in [5.74, 6) is 0.531. The lowest BCUT2D eigenvalue weighted by molar-refractivity contribution is -0.138. The molecule has 0 aliphatic heterocycles. The van der Waals surface area contributed by atoms with Crippen molar-refractivity contribution < 1.29 is 28.5 Å². The zero-order valence-corrected chi connectivity index (χ0v) is 20.5. The predicted octanol–water partition coefficient (Wildman–Crippen LogP) is 5.45. The van der Waals surface area contributed by atoms with Crippen LogP contribution in [-0.4, -0.2) is 32.2 Å². The van der Waals surface area contributed by atoms with Gasteiger partial charge in [0.15, 0.2) is 5.75 Å². The highest BCUT2D eigenvalue weighted by Gasteiger charge is 2.62. The number of hydrogen-bond acceptors (Lipinski definition) is 5. The SMILES string of the molecule is C#CC(C(=O)Oc1c(-c2ccc(F)cc2)cc(C2CCCCC2)nc1C(C)C)(C(C)O)[P+](=O)O. The van der Waals surface area contributed by atoms with E-state index in [9.17, 15) is 23.7 Å². The third-order valence-electron chi connectivity index (χ3n) is 6.38. The molecule has 1 aromatic carbocycles. The highest BCUT2D eigenvalue weighted by molar-refractivity contribution is 7.42. The van der Waals surface area contributed by atoms with Gasteiger partial charge in [-0.3, -0.25) is 4.98 Å². The first-order chi connectivity index (χ1) is 16.1. The number of nitrogens with zero attached hydrogens (tertiary/aromatic N) is 1. The number of pyridine rings is 1. The number of rotatable bonds is 7. The number of hydrogen-bond donors (Lipinski definition) is 2. The minimum absolute atomic E-state index is 0.0864. The summed E-state index contributed by atoms with van der Waals surface area (Å²) in [4.78, 5) is 27.9. The van der Waals surface area contributed by atoms with E-state index in [1.54, 1.807) is 12.1 Å². The van der Waals surface area contributed by atoms with Crippen LogP contribution >= 0.6 is 8.03 Å². The van der Waals surface area contributed by atoms with Crippen molar-refractivity contribution in [2.45, 2.75) is 76.0 Å². The van der Waals surface area contributed by atoms with Crippen molar-refractivity contribution in [1.29, 1.82) is 0 Å². The number of aliphatic hydroxyl groups excluding tert-OH is 1. The van der Waals surface area contributed by atoms with Crippen LogP contribution in [0.3, 0.4) is 0 Å². The van der Waals surface area contributed by atoms with Gasteiger partial charge in [0.2, 0.25) is 0 Å². The summed E-state index contributed by atoms with van der Waals surface area (Å²) in [6.07, 6.45) is 9.20. The molecule has 1 saturated carbocycles. The second-order valence-corrected chi connectivity index (χ2v) is 10.3. The molecule has 2 N–H and O–H groups in total. The molecule has 0 bridgehead atoms. The van der Waals surface area contributed by atoms with Gasteiger partial charge in [0.05, 0.1) is 5.69 Å². The molecule has 0 spiro atoms. The lowest BCUT2D eigenvalue weighted by Crippen LogP contribution is -2.46. The van der Waals surface area contributed by atoms with Crippen LogP contribution in [0.1, 0.15) is 76.1 Å². The molecule has 34 heavy (non-hydrogen) atoms. The maximum absolute atomic E-state index is 13.7. The Morgan fingerprint density at radius 3 is 2.35 bits per heavy atom. The zero-order chi connectivity index (χ0) is 25.0. The first-order valence-electron chi connectivity index (χ1n) is 11.5. The number of carbonyl (C=O) groups excluding carboxylic acids is 1. The molecule has 1 aromatic heterocycles. The Morgan fingerprint density at radius 1 is 1.24 bits per heavy atom. The smallest absolute Gasteiger partial charge is 0.419 e.